The molecular formula is C13H20FN5O4. The van der Waals surface area contributed by atoms with Crippen molar-refractivity contribution in [2.24, 2.45) is 4.99 Å². The molecule has 0 aromatic carbocycles. The smallest absolute Gasteiger partial charge is 0.275 e. The average molecular weight is 329 g/mol. The van der Waals surface area contributed by atoms with E-state index in [0.717, 1.165) is 6.34 Å². The lowest BCUT2D eigenvalue weighted by atomic mass is 9.94. The third kappa shape index (κ3) is 3.19. The molecular weight excluding hydrogens is 309 g/mol. The van der Waals surface area contributed by atoms with Crippen LogP contribution in [-0.2, 0) is 9.53 Å². The van der Waals surface area contributed by atoms with E-state index in [4.69, 9.17) is 10.1 Å². The molecule has 5 N–H and O–H groups in total. The zero-order valence-corrected chi connectivity index (χ0v) is 12.6. The van der Waals surface area contributed by atoms with Crippen molar-refractivity contribution < 1.29 is 24.1 Å². The van der Waals surface area contributed by atoms with E-state index in [1.807, 2.05) is 0 Å². The fourth-order valence-electron chi connectivity index (χ4n) is 2.41. The first kappa shape index (κ1) is 17.3. The van der Waals surface area contributed by atoms with Gasteiger partial charge in [0, 0.05) is 0 Å². The second-order valence-electron chi connectivity index (χ2n) is 5.34. The minimum atomic E-state index is -1.80. The summed E-state index contributed by atoms with van der Waals surface area (Å²) in [6, 6.07) is 0. The van der Waals surface area contributed by atoms with Crippen LogP contribution < -0.4 is 10.6 Å². The summed E-state index contributed by atoms with van der Waals surface area (Å²) in [5.74, 6) is -0.965. The Morgan fingerprint density at radius 1 is 1.70 bits per heavy atom. The molecule has 23 heavy (non-hydrogen) atoms. The Morgan fingerprint density at radius 3 is 2.96 bits per heavy atom. The van der Waals surface area contributed by atoms with Gasteiger partial charge >= 0.3 is 0 Å². The predicted molar refractivity (Wildman–Crippen MR) is 79.2 cm³/mol. The average Bonchev–Trinajstić information content (AvgIpc) is 2.81. The number of aliphatic imine (C=N–C) groups is 1. The summed E-state index contributed by atoms with van der Waals surface area (Å²) in [7, 11) is 0. The number of hydrogen-bond donors (Lipinski definition) is 5. The van der Waals surface area contributed by atoms with Gasteiger partial charge in [0.25, 0.3) is 5.91 Å². The topological polar surface area (TPSA) is 130 Å². The van der Waals surface area contributed by atoms with Crippen molar-refractivity contribution in [1.29, 1.82) is 5.41 Å². The normalized spacial score (nSPS) is 35.4. The molecule has 0 radical (unpaired) electrons. The molecule has 0 spiro atoms. The summed E-state index contributed by atoms with van der Waals surface area (Å²) in [6.45, 7) is 4.47. The van der Waals surface area contributed by atoms with Gasteiger partial charge in [-0.15, -0.1) is 0 Å². The number of ether oxygens (including phenoxy) is 1. The van der Waals surface area contributed by atoms with E-state index in [2.05, 4.69) is 22.2 Å². The number of rotatable bonds is 3. The molecule has 2 aliphatic rings. The van der Waals surface area contributed by atoms with Gasteiger partial charge < -0.3 is 25.2 Å². The van der Waals surface area contributed by atoms with Crippen molar-refractivity contribution >= 4 is 18.2 Å². The third-order valence-electron chi connectivity index (χ3n) is 3.96. The van der Waals surface area contributed by atoms with Crippen molar-refractivity contribution in [2.75, 3.05) is 13.3 Å². The highest BCUT2D eigenvalue weighted by atomic mass is 19.1. The van der Waals surface area contributed by atoms with E-state index in [9.17, 15) is 19.4 Å². The number of nitrogens with one attached hydrogen (secondary N) is 3. The lowest BCUT2D eigenvalue weighted by molar-refractivity contribution is -0.136. The van der Waals surface area contributed by atoms with E-state index < -0.39 is 36.6 Å². The van der Waals surface area contributed by atoms with Crippen molar-refractivity contribution in [1.82, 2.24) is 15.5 Å². The van der Waals surface area contributed by atoms with Crippen LogP contribution in [0.3, 0.4) is 0 Å². The van der Waals surface area contributed by atoms with Crippen LogP contribution >= 0.6 is 0 Å². The molecule has 128 valence electrons. The van der Waals surface area contributed by atoms with Gasteiger partial charge in [-0.05, 0) is 6.42 Å². The van der Waals surface area contributed by atoms with Crippen molar-refractivity contribution in [2.45, 2.75) is 37.4 Å². The number of halogens is 1. The molecule has 0 aromatic heterocycles. The summed E-state index contributed by atoms with van der Waals surface area (Å²) in [6.07, 6.45) is -3.18. The second-order valence-corrected chi connectivity index (χ2v) is 5.34. The van der Waals surface area contributed by atoms with Crippen molar-refractivity contribution in [3.63, 3.8) is 0 Å². The van der Waals surface area contributed by atoms with Gasteiger partial charge in [-0.2, -0.15) is 0 Å². The van der Waals surface area contributed by atoms with Crippen LogP contribution in [0.15, 0.2) is 17.3 Å². The van der Waals surface area contributed by atoms with Crippen LogP contribution in [0.25, 0.3) is 0 Å². The monoisotopic (exact) mass is 329 g/mol. The molecule has 1 fully saturated rings. The molecule has 10 heteroatoms. The Kier molecular flexibility index (Phi) is 4.97. The Balaban J connectivity index is 2.25. The Hall–Kier alpha value is -2.04. The van der Waals surface area contributed by atoms with Gasteiger partial charge in [0.15, 0.2) is 18.4 Å². The molecule has 1 saturated heterocycles. The van der Waals surface area contributed by atoms with Crippen LogP contribution in [0.5, 0.6) is 0 Å². The molecule has 2 rings (SSSR count). The van der Waals surface area contributed by atoms with Crippen LogP contribution in [0.2, 0.25) is 0 Å². The van der Waals surface area contributed by atoms with E-state index >= 15 is 0 Å². The highest BCUT2D eigenvalue weighted by Gasteiger charge is 2.55. The SMILES string of the molecule is C=C1N=CN([C@@H]2O[C@](CC)(CO)[C@@H](O)[C@H]2F)CNC(=N)NC1=O. The quantitative estimate of drug-likeness (QED) is 0.407. The molecule has 0 aromatic rings. The van der Waals surface area contributed by atoms with Gasteiger partial charge in [-0.25, -0.2) is 9.38 Å². The van der Waals surface area contributed by atoms with Crippen molar-refractivity contribution in [3.05, 3.63) is 12.3 Å². The lowest BCUT2D eigenvalue weighted by Gasteiger charge is -2.30. The first-order valence-corrected chi connectivity index (χ1v) is 7.08. The number of hydrogen-bond acceptors (Lipinski definition) is 7. The molecule has 0 unspecified atom stereocenters. The third-order valence-corrected chi connectivity index (χ3v) is 3.96. The number of nitrogens with zero attached hydrogens (tertiary/aromatic N) is 2. The Labute approximate surface area is 132 Å². The predicted octanol–water partition coefficient (Wildman–Crippen LogP) is -1.36. The summed E-state index contributed by atoms with van der Waals surface area (Å²) in [5, 5.41) is 31.8. The second kappa shape index (κ2) is 6.60. The van der Waals surface area contributed by atoms with E-state index in [-0.39, 0.29) is 24.7 Å². The van der Waals surface area contributed by atoms with Gasteiger partial charge in [0.1, 0.15) is 17.4 Å². The largest absolute Gasteiger partial charge is 0.393 e. The minimum absolute atomic E-state index is 0.0983. The number of amides is 1. The molecule has 0 saturated carbocycles. The molecule has 0 bridgehead atoms. The summed E-state index contributed by atoms with van der Waals surface area (Å²) < 4.78 is 20.0. The van der Waals surface area contributed by atoms with Gasteiger partial charge in [-0.1, -0.05) is 13.5 Å². The maximum absolute atomic E-state index is 14.5. The molecule has 9 nitrogen and oxygen atoms in total. The van der Waals surface area contributed by atoms with Crippen molar-refractivity contribution in [3.8, 4) is 0 Å². The van der Waals surface area contributed by atoms with Gasteiger partial charge in [-0.3, -0.25) is 15.5 Å². The zero-order chi connectivity index (χ0) is 17.2. The van der Waals surface area contributed by atoms with Crippen LogP contribution in [-0.4, -0.2) is 70.7 Å². The van der Waals surface area contributed by atoms with Crippen LogP contribution in [0, 0.1) is 5.41 Å². The molecule has 4 atom stereocenters. The first-order chi connectivity index (χ1) is 10.8. The number of guanidine groups is 1. The number of aliphatic hydroxyl groups excluding tert-OH is 2. The fraction of sp³-hybridized carbons (Fsp3) is 0.615. The van der Waals surface area contributed by atoms with Crippen LogP contribution in [0.1, 0.15) is 13.3 Å². The van der Waals surface area contributed by atoms with Gasteiger partial charge in [0.05, 0.1) is 19.6 Å². The van der Waals surface area contributed by atoms with E-state index in [1.54, 1.807) is 6.92 Å². The standard InChI is InChI=1S/C13H20FN5O4/c1-3-13(4-20)9(21)8(14)11(23-13)19-5-16-7(2)10(22)18-12(15)17-6-19/h5,8-9,11,20-21H,2-4,6H2,1H3,(H3,15,17,18,22)/t8-,9+,11-,13-/m1/s1. The van der Waals surface area contributed by atoms with Gasteiger partial charge in [0.2, 0.25) is 0 Å². The number of aliphatic hydroxyl groups is 2. The number of carbonyl (C=O) groups excluding carboxylic acids is 1. The number of carbonyl (C=O) groups is 1. The zero-order valence-electron chi connectivity index (χ0n) is 12.6. The highest BCUT2D eigenvalue weighted by molar-refractivity contribution is 6.04. The van der Waals surface area contributed by atoms with E-state index in [0.29, 0.717) is 0 Å². The molecule has 2 heterocycles. The summed E-state index contributed by atoms with van der Waals surface area (Å²) in [4.78, 5) is 16.6. The minimum Gasteiger partial charge on any atom is -0.393 e. The maximum atomic E-state index is 14.5. The Bertz CT molecular complexity index is 536. The highest BCUT2D eigenvalue weighted by Crippen LogP contribution is 2.36. The van der Waals surface area contributed by atoms with Crippen LogP contribution in [0.4, 0.5) is 4.39 Å². The summed E-state index contributed by atoms with van der Waals surface area (Å²) >= 11 is 0. The maximum Gasteiger partial charge on any atom is 0.275 e. The molecule has 1 amide bonds. The first-order valence-electron chi connectivity index (χ1n) is 7.08. The van der Waals surface area contributed by atoms with E-state index in [1.165, 1.54) is 4.90 Å². The lowest BCUT2D eigenvalue weighted by Crippen LogP contribution is -2.49. The molecule has 0 aliphatic carbocycles. The fourth-order valence-corrected chi connectivity index (χ4v) is 2.41. The number of alkyl halides is 1. The molecule has 2 aliphatic heterocycles. The Morgan fingerprint density at radius 2 is 2.39 bits per heavy atom. The summed E-state index contributed by atoms with van der Waals surface area (Å²) in [5.41, 5.74) is -1.57.